The molecular formula is C9H12N2O5. The molecule has 0 saturated carbocycles. The van der Waals surface area contributed by atoms with E-state index in [4.69, 9.17) is 10.6 Å². The van der Waals surface area contributed by atoms with Gasteiger partial charge >= 0.3 is 17.7 Å². The van der Waals surface area contributed by atoms with Gasteiger partial charge in [-0.05, 0) is 0 Å². The van der Waals surface area contributed by atoms with Crippen LogP contribution in [0.3, 0.4) is 0 Å². The quantitative estimate of drug-likeness (QED) is 0.187. The van der Waals surface area contributed by atoms with Crippen molar-refractivity contribution in [2.24, 2.45) is 0 Å². The monoisotopic (exact) mass is 228 g/mol. The van der Waals surface area contributed by atoms with Gasteiger partial charge in [-0.25, -0.2) is 4.79 Å². The summed E-state index contributed by atoms with van der Waals surface area (Å²) >= 11 is 0. The Labute approximate surface area is 91.9 Å². The second-order valence-electron chi connectivity index (χ2n) is 2.31. The first-order valence-corrected chi connectivity index (χ1v) is 4.17. The van der Waals surface area contributed by atoms with Crippen LogP contribution in [0.2, 0.25) is 0 Å². The Hall–Kier alpha value is -2.27. The zero-order valence-electron chi connectivity index (χ0n) is 8.97. The lowest BCUT2D eigenvalue weighted by atomic mass is 10.2. The molecule has 0 rings (SSSR count). The molecule has 7 nitrogen and oxygen atoms in total. The molecule has 16 heavy (non-hydrogen) atoms. The third-order valence-corrected chi connectivity index (χ3v) is 1.14. The minimum atomic E-state index is -1.51. The van der Waals surface area contributed by atoms with E-state index >= 15 is 0 Å². The first kappa shape index (κ1) is 16.2. The summed E-state index contributed by atoms with van der Waals surface area (Å²) in [6.45, 7) is 5.96. The van der Waals surface area contributed by atoms with Crippen LogP contribution in [-0.2, 0) is 19.1 Å². The number of carboxylic acids is 1. The summed E-state index contributed by atoms with van der Waals surface area (Å²) in [7, 11) is 0. The predicted octanol–water partition coefficient (Wildman–Crippen LogP) is 0.414. The number of ketones is 1. The Kier molecular flexibility index (Phi) is 9.39. The molecule has 0 atom stereocenters. The number of carbonyl (C=O) groups is 3. The highest BCUT2D eigenvalue weighted by Gasteiger charge is 2.26. The summed E-state index contributed by atoms with van der Waals surface area (Å²) < 4.78 is 4.17. The van der Waals surface area contributed by atoms with E-state index in [1.807, 2.05) is 0 Å². The van der Waals surface area contributed by atoms with Crippen molar-refractivity contribution in [3.8, 4) is 0 Å². The van der Waals surface area contributed by atoms with Gasteiger partial charge in [0.15, 0.2) is 0 Å². The lowest BCUT2D eigenvalue weighted by molar-refractivity contribution is -0.137. The lowest BCUT2D eigenvalue weighted by Crippen LogP contribution is -2.23. The first-order valence-electron chi connectivity index (χ1n) is 4.17. The summed E-state index contributed by atoms with van der Waals surface area (Å²) in [6.07, 6.45) is 1.12. The fraction of sp³-hybridized carbons (Fsp3) is 0.333. The highest BCUT2D eigenvalue weighted by Crippen LogP contribution is 1.82. The van der Waals surface area contributed by atoms with Crippen LogP contribution in [0, 0.1) is 0 Å². The fourth-order valence-electron chi connectivity index (χ4n) is 0.503. The van der Waals surface area contributed by atoms with Gasteiger partial charge in [0.2, 0.25) is 0 Å². The van der Waals surface area contributed by atoms with Crippen molar-refractivity contribution in [2.75, 3.05) is 0 Å². The number of Topliss-reactive ketones (excluding diaryl/α,β-unsaturated/α-hetero) is 1. The molecule has 88 valence electrons. The summed E-state index contributed by atoms with van der Waals surface area (Å²) in [4.78, 5) is 32.6. The average Bonchev–Trinajstić information content (AvgIpc) is 2.18. The maximum atomic E-state index is 10.5. The van der Waals surface area contributed by atoms with Crippen molar-refractivity contribution in [3.63, 3.8) is 0 Å². The number of hydrogen-bond acceptors (Lipinski definition) is 4. The third kappa shape index (κ3) is 8.33. The number of carbonyl (C=O) groups excluding carboxylic acids is 2. The van der Waals surface area contributed by atoms with Gasteiger partial charge in [0.05, 0.1) is 6.26 Å². The topological polar surface area (TPSA) is 117 Å². The zero-order valence-corrected chi connectivity index (χ0v) is 8.97. The molecule has 0 aliphatic carbocycles. The highest BCUT2D eigenvalue weighted by atomic mass is 16.5. The van der Waals surface area contributed by atoms with E-state index < -0.39 is 17.5 Å². The van der Waals surface area contributed by atoms with Gasteiger partial charge in [-0.1, -0.05) is 13.5 Å². The van der Waals surface area contributed by atoms with E-state index in [-0.39, 0.29) is 12.4 Å². The number of aliphatic carboxylic acids is 1. The van der Waals surface area contributed by atoms with E-state index in [9.17, 15) is 14.4 Å². The molecule has 7 heteroatoms. The lowest BCUT2D eigenvalue weighted by Gasteiger charge is -1.83. The van der Waals surface area contributed by atoms with Gasteiger partial charge in [-0.2, -0.15) is 4.79 Å². The summed E-state index contributed by atoms with van der Waals surface area (Å²) in [6, 6.07) is 0. The van der Waals surface area contributed by atoms with Crippen LogP contribution in [0.4, 0.5) is 0 Å². The molecule has 0 aliphatic heterocycles. The number of rotatable bonds is 4. The number of esters is 1. The van der Waals surface area contributed by atoms with Crippen molar-refractivity contribution in [2.45, 2.75) is 20.3 Å². The summed E-state index contributed by atoms with van der Waals surface area (Å²) in [5.74, 6) is -2.52. The van der Waals surface area contributed by atoms with Crippen LogP contribution in [0.5, 0.6) is 0 Å². The minimum absolute atomic E-state index is 0.0195. The van der Waals surface area contributed by atoms with Crippen molar-refractivity contribution < 1.29 is 29.0 Å². The van der Waals surface area contributed by atoms with Gasteiger partial charge in [0.25, 0.3) is 5.78 Å². The Morgan fingerprint density at radius 3 is 2.06 bits per heavy atom. The van der Waals surface area contributed by atoms with E-state index in [1.54, 1.807) is 0 Å². The number of nitrogens with zero attached hydrogens (tertiary/aromatic N) is 2. The molecule has 0 amide bonds. The van der Waals surface area contributed by atoms with E-state index in [1.165, 1.54) is 13.8 Å². The number of ether oxygens (including phenoxy) is 1. The SMILES string of the molecule is C=COC(C)=O.CCC(=O)C(=[N+]=[N-])C(=O)O. The average molecular weight is 228 g/mol. The maximum absolute atomic E-state index is 10.5. The molecule has 0 spiro atoms. The number of carboxylic acid groups (broad SMARTS) is 1. The Morgan fingerprint density at radius 2 is 2.00 bits per heavy atom. The Morgan fingerprint density at radius 1 is 1.50 bits per heavy atom. The van der Waals surface area contributed by atoms with E-state index in [0.717, 1.165) is 6.26 Å². The van der Waals surface area contributed by atoms with E-state index in [2.05, 4.69) is 16.1 Å². The minimum Gasteiger partial charge on any atom is -0.472 e. The van der Waals surface area contributed by atoms with Crippen LogP contribution >= 0.6 is 0 Å². The standard InChI is InChI=1S/C5H6N2O3.C4H6O2/c1-2-3(8)4(7-6)5(9)10;1-3-6-4(2)5/h2H2,1H3,(H,9,10);3H,1H2,2H3. The first-order chi connectivity index (χ1) is 7.40. The molecule has 0 aromatic carbocycles. The molecule has 0 fully saturated rings. The number of hydrogen-bond donors (Lipinski definition) is 1. The van der Waals surface area contributed by atoms with E-state index in [0.29, 0.717) is 0 Å². The van der Waals surface area contributed by atoms with Crippen LogP contribution in [0.15, 0.2) is 12.8 Å². The molecule has 1 N–H and O–H groups in total. The maximum Gasteiger partial charge on any atom is 0.441 e. The van der Waals surface area contributed by atoms with Crippen LogP contribution in [0.1, 0.15) is 20.3 Å². The third-order valence-electron chi connectivity index (χ3n) is 1.14. The van der Waals surface area contributed by atoms with Gasteiger partial charge in [-0.15, -0.1) is 0 Å². The molecular weight excluding hydrogens is 216 g/mol. The summed E-state index contributed by atoms with van der Waals surface area (Å²) in [5, 5.41) is 8.16. The fourth-order valence-corrected chi connectivity index (χ4v) is 0.503. The molecule has 0 saturated heterocycles. The normalized spacial score (nSPS) is 7.62. The highest BCUT2D eigenvalue weighted by molar-refractivity contribution is 6.61. The molecule has 0 aromatic heterocycles. The molecule has 0 aromatic rings. The molecule has 0 unspecified atom stereocenters. The molecule has 0 heterocycles. The van der Waals surface area contributed by atoms with Gasteiger partial charge in [0, 0.05) is 13.3 Å². The van der Waals surface area contributed by atoms with Gasteiger partial charge < -0.3 is 15.4 Å². The Balaban J connectivity index is 0. The van der Waals surface area contributed by atoms with Crippen LogP contribution in [-0.4, -0.2) is 33.3 Å². The van der Waals surface area contributed by atoms with Crippen molar-refractivity contribution in [1.82, 2.24) is 0 Å². The molecule has 0 aliphatic rings. The smallest absolute Gasteiger partial charge is 0.441 e. The van der Waals surface area contributed by atoms with Gasteiger partial charge in [-0.3, -0.25) is 9.59 Å². The summed E-state index contributed by atoms with van der Waals surface area (Å²) in [5.41, 5.74) is 7.17. The zero-order chi connectivity index (χ0) is 13.1. The van der Waals surface area contributed by atoms with Crippen LogP contribution < -0.4 is 0 Å². The van der Waals surface area contributed by atoms with Gasteiger partial charge in [0.1, 0.15) is 0 Å². The second kappa shape index (κ2) is 9.29. The molecule has 0 radical (unpaired) electrons. The Bertz CT molecular complexity index is 342. The largest absolute Gasteiger partial charge is 0.472 e. The predicted molar refractivity (Wildman–Crippen MR) is 53.5 cm³/mol. The van der Waals surface area contributed by atoms with Crippen molar-refractivity contribution in [1.29, 1.82) is 0 Å². The van der Waals surface area contributed by atoms with Crippen LogP contribution in [0.25, 0.3) is 5.53 Å². The van der Waals surface area contributed by atoms with Crippen molar-refractivity contribution >= 4 is 23.4 Å². The molecule has 0 bridgehead atoms. The second-order valence-corrected chi connectivity index (χ2v) is 2.31. The van der Waals surface area contributed by atoms with Crippen molar-refractivity contribution in [3.05, 3.63) is 18.4 Å².